The first-order valence-corrected chi connectivity index (χ1v) is 8.15. The molecule has 25 heavy (non-hydrogen) atoms. The van der Waals surface area contributed by atoms with E-state index < -0.39 is 5.97 Å². The number of aliphatic carboxylic acids is 1. The highest BCUT2D eigenvalue weighted by atomic mass is 16.5. The number of carbonyl (C=O) groups is 2. The van der Waals surface area contributed by atoms with Crippen molar-refractivity contribution in [1.82, 2.24) is 0 Å². The molecule has 5 heteroatoms. The van der Waals surface area contributed by atoms with Gasteiger partial charge in [-0.15, -0.1) is 0 Å². The minimum atomic E-state index is -0.954. The second-order valence-electron chi connectivity index (χ2n) is 5.75. The summed E-state index contributed by atoms with van der Waals surface area (Å²) in [5, 5.41) is 9.33. The summed E-state index contributed by atoms with van der Waals surface area (Å²) in [6.07, 6.45) is 2.72. The zero-order chi connectivity index (χ0) is 17.8. The van der Waals surface area contributed by atoms with Crippen LogP contribution in [0.1, 0.15) is 18.9 Å². The standard InChI is InChI=1S/C20H19NO4/c1-2-25-18-6-3-14(4-7-18)15-5-8-19-17(11-15)12-16(20(23)24)9-10-21(19)13-22/h3-8,11-13H,2,9-10H2,1H3,(H,23,24). The second-order valence-corrected chi connectivity index (χ2v) is 5.75. The Kier molecular flexibility index (Phi) is 4.84. The van der Waals surface area contributed by atoms with Crippen molar-refractivity contribution in [2.75, 3.05) is 18.1 Å². The molecule has 1 aliphatic rings. The monoisotopic (exact) mass is 337 g/mol. The number of nitrogens with zero attached hydrogens (tertiary/aromatic N) is 1. The molecule has 1 heterocycles. The Hall–Kier alpha value is -3.08. The third-order valence-electron chi connectivity index (χ3n) is 4.19. The normalized spacial score (nSPS) is 13.5. The molecule has 0 aromatic heterocycles. The largest absolute Gasteiger partial charge is 0.494 e. The van der Waals surface area contributed by atoms with Crippen LogP contribution in [0.5, 0.6) is 5.75 Å². The third-order valence-corrected chi connectivity index (χ3v) is 4.19. The number of ether oxygens (including phenoxy) is 1. The van der Waals surface area contributed by atoms with E-state index in [4.69, 9.17) is 4.74 Å². The predicted octanol–water partition coefficient (Wildman–Crippen LogP) is 3.59. The van der Waals surface area contributed by atoms with Crippen LogP contribution < -0.4 is 9.64 Å². The van der Waals surface area contributed by atoms with Crippen LogP contribution in [-0.4, -0.2) is 30.6 Å². The van der Waals surface area contributed by atoms with Gasteiger partial charge in [-0.25, -0.2) is 4.79 Å². The Balaban J connectivity index is 2.02. The van der Waals surface area contributed by atoms with Crippen LogP contribution in [0.3, 0.4) is 0 Å². The first kappa shape index (κ1) is 16.8. The number of benzene rings is 2. The van der Waals surface area contributed by atoms with Crippen molar-refractivity contribution in [3.63, 3.8) is 0 Å². The summed E-state index contributed by atoms with van der Waals surface area (Å²) < 4.78 is 5.45. The van der Waals surface area contributed by atoms with Gasteiger partial charge < -0.3 is 14.7 Å². The van der Waals surface area contributed by atoms with Crippen molar-refractivity contribution in [1.29, 1.82) is 0 Å². The summed E-state index contributed by atoms with van der Waals surface area (Å²) in [6.45, 7) is 2.91. The highest BCUT2D eigenvalue weighted by Gasteiger charge is 2.19. The molecule has 0 saturated heterocycles. The van der Waals surface area contributed by atoms with E-state index in [0.717, 1.165) is 34.5 Å². The molecule has 0 bridgehead atoms. The highest BCUT2D eigenvalue weighted by Crippen LogP contribution is 2.32. The van der Waals surface area contributed by atoms with Gasteiger partial charge in [0.25, 0.3) is 0 Å². The maximum atomic E-state index is 11.4. The average molecular weight is 337 g/mol. The fourth-order valence-electron chi connectivity index (χ4n) is 2.92. The van der Waals surface area contributed by atoms with Crippen molar-refractivity contribution in [3.05, 3.63) is 53.6 Å². The summed E-state index contributed by atoms with van der Waals surface area (Å²) in [5.41, 5.74) is 3.71. The Bertz CT molecular complexity index is 824. The van der Waals surface area contributed by atoms with Crippen LogP contribution in [0.15, 0.2) is 48.0 Å². The molecule has 0 unspecified atom stereocenters. The molecule has 0 saturated carbocycles. The Morgan fingerprint density at radius 3 is 2.56 bits per heavy atom. The third kappa shape index (κ3) is 3.55. The SMILES string of the molecule is CCOc1ccc(-c2ccc3c(c2)C=C(C(=O)O)CCN3C=O)cc1. The van der Waals surface area contributed by atoms with E-state index in [1.165, 1.54) is 0 Å². The molecular formula is C20H19NO4. The first-order chi connectivity index (χ1) is 12.1. The highest BCUT2D eigenvalue weighted by molar-refractivity contribution is 5.96. The predicted molar refractivity (Wildman–Crippen MR) is 96.7 cm³/mol. The number of hydrogen-bond donors (Lipinski definition) is 1. The maximum absolute atomic E-state index is 11.4. The number of carbonyl (C=O) groups excluding carboxylic acids is 1. The number of anilines is 1. The lowest BCUT2D eigenvalue weighted by atomic mass is 10.0. The Morgan fingerprint density at radius 2 is 1.92 bits per heavy atom. The van der Waals surface area contributed by atoms with Gasteiger partial charge >= 0.3 is 5.97 Å². The van der Waals surface area contributed by atoms with E-state index in [1.54, 1.807) is 11.0 Å². The molecule has 128 valence electrons. The van der Waals surface area contributed by atoms with Crippen LogP contribution >= 0.6 is 0 Å². The Labute approximate surface area is 146 Å². The van der Waals surface area contributed by atoms with Crippen molar-refractivity contribution in [2.24, 2.45) is 0 Å². The van der Waals surface area contributed by atoms with Crippen LogP contribution in [0.2, 0.25) is 0 Å². The molecule has 0 spiro atoms. The number of carboxylic acid groups (broad SMARTS) is 1. The zero-order valence-corrected chi connectivity index (χ0v) is 13.9. The number of hydrogen-bond acceptors (Lipinski definition) is 3. The molecule has 1 aliphatic heterocycles. The van der Waals surface area contributed by atoms with Gasteiger partial charge in [-0.2, -0.15) is 0 Å². The van der Waals surface area contributed by atoms with Crippen LogP contribution in [0.25, 0.3) is 17.2 Å². The summed E-state index contributed by atoms with van der Waals surface area (Å²) >= 11 is 0. The molecule has 5 nitrogen and oxygen atoms in total. The van der Waals surface area contributed by atoms with Crippen LogP contribution in [-0.2, 0) is 9.59 Å². The lowest BCUT2D eigenvalue weighted by Gasteiger charge is -2.18. The smallest absolute Gasteiger partial charge is 0.331 e. The van der Waals surface area contributed by atoms with Gasteiger partial charge in [-0.05, 0) is 60.4 Å². The van der Waals surface area contributed by atoms with E-state index in [0.29, 0.717) is 25.1 Å². The van der Waals surface area contributed by atoms with Crippen molar-refractivity contribution >= 4 is 24.1 Å². The minimum absolute atomic E-state index is 0.300. The molecule has 0 radical (unpaired) electrons. The lowest BCUT2D eigenvalue weighted by Crippen LogP contribution is -2.22. The number of fused-ring (bicyclic) bond motifs is 1. The van der Waals surface area contributed by atoms with E-state index in [9.17, 15) is 14.7 Å². The maximum Gasteiger partial charge on any atom is 0.331 e. The Morgan fingerprint density at radius 1 is 1.20 bits per heavy atom. The van der Waals surface area contributed by atoms with Gasteiger partial charge in [-0.3, -0.25) is 4.79 Å². The van der Waals surface area contributed by atoms with E-state index in [-0.39, 0.29) is 0 Å². The van der Waals surface area contributed by atoms with E-state index in [1.807, 2.05) is 49.4 Å². The summed E-state index contributed by atoms with van der Waals surface area (Å²) in [7, 11) is 0. The molecule has 0 atom stereocenters. The van der Waals surface area contributed by atoms with Crippen LogP contribution in [0, 0.1) is 0 Å². The fourth-order valence-corrected chi connectivity index (χ4v) is 2.92. The van der Waals surface area contributed by atoms with Crippen molar-refractivity contribution < 1.29 is 19.4 Å². The topological polar surface area (TPSA) is 66.8 Å². The molecule has 1 N–H and O–H groups in total. The van der Waals surface area contributed by atoms with Gasteiger partial charge in [0.2, 0.25) is 6.41 Å². The fraction of sp³-hybridized carbons (Fsp3) is 0.200. The van der Waals surface area contributed by atoms with E-state index >= 15 is 0 Å². The first-order valence-electron chi connectivity index (χ1n) is 8.15. The molecule has 2 aromatic rings. The van der Waals surface area contributed by atoms with Gasteiger partial charge in [0.15, 0.2) is 0 Å². The average Bonchev–Trinajstić information content (AvgIpc) is 2.81. The van der Waals surface area contributed by atoms with E-state index in [2.05, 4.69) is 0 Å². The summed E-state index contributed by atoms with van der Waals surface area (Å²) in [5.74, 6) is -0.147. The number of rotatable bonds is 5. The van der Waals surface area contributed by atoms with Gasteiger partial charge in [0.05, 0.1) is 12.3 Å². The molecule has 2 aromatic carbocycles. The minimum Gasteiger partial charge on any atom is -0.494 e. The number of carboxylic acids is 1. The molecule has 0 fully saturated rings. The lowest BCUT2D eigenvalue weighted by molar-refractivity contribution is -0.132. The summed E-state index contributed by atoms with van der Waals surface area (Å²) in [6, 6.07) is 13.4. The zero-order valence-electron chi connectivity index (χ0n) is 13.9. The molecule has 3 rings (SSSR count). The quantitative estimate of drug-likeness (QED) is 0.847. The van der Waals surface area contributed by atoms with Gasteiger partial charge in [0, 0.05) is 12.1 Å². The molecule has 0 aliphatic carbocycles. The molecular weight excluding hydrogens is 318 g/mol. The van der Waals surface area contributed by atoms with Crippen molar-refractivity contribution in [2.45, 2.75) is 13.3 Å². The number of amides is 1. The van der Waals surface area contributed by atoms with Crippen molar-refractivity contribution in [3.8, 4) is 16.9 Å². The molecule has 1 amide bonds. The van der Waals surface area contributed by atoms with Gasteiger partial charge in [0.1, 0.15) is 5.75 Å². The van der Waals surface area contributed by atoms with Gasteiger partial charge in [-0.1, -0.05) is 18.2 Å². The second kappa shape index (κ2) is 7.21. The van der Waals surface area contributed by atoms with Crippen LogP contribution in [0.4, 0.5) is 5.69 Å². The summed E-state index contributed by atoms with van der Waals surface area (Å²) in [4.78, 5) is 24.3.